The Morgan fingerprint density at radius 1 is 1.17 bits per heavy atom. The summed E-state index contributed by atoms with van der Waals surface area (Å²) in [5, 5.41) is 6.66. The minimum absolute atomic E-state index is 0.0799. The van der Waals surface area contributed by atoms with Crippen LogP contribution in [0.25, 0.3) is 0 Å². The van der Waals surface area contributed by atoms with Gasteiger partial charge in [0.15, 0.2) is 0 Å². The van der Waals surface area contributed by atoms with Gasteiger partial charge in [-0.3, -0.25) is 4.79 Å². The molecule has 4 rings (SSSR count). The van der Waals surface area contributed by atoms with Crippen molar-refractivity contribution in [2.24, 2.45) is 5.92 Å². The Bertz CT molecular complexity index is 909. The van der Waals surface area contributed by atoms with E-state index in [1.165, 1.54) is 5.56 Å². The normalized spacial score (nSPS) is 21.8. The number of para-hydroxylation sites is 2. The van der Waals surface area contributed by atoms with E-state index in [0.29, 0.717) is 31.2 Å². The molecule has 0 spiro atoms. The first-order chi connectivity index (χ1) is 14.2. The van der Waals surface area contributed by atoms with Crippen LogP contribution in [0.3, 0.4) is 0 Å². The molecule has 0 saturated carbocycles. The lowest BCUT2D eigenvalue weighted by atomic mass is 9.76. The van der Waals surface area contributed by atoms with Crippen molar-refractivity contribution in [2.75, 3.05) is 32.2 Å². The Kier molecular flexibility index (Phi) is 5.86. The van der Waals surface area contributed by atoms with Crippen LogP contribution in [0.2, 0.25) is 0 Å². The third kappa shape index (κ3) is 3.75. The molecule has 1 amide bonds. The van der Waals surface area contributed by atoms with Crippen LogP contribution in [-0.2, 0) is 4.74 Å². The summed E-state index contributed by atoms with van der Waals surface area (Å²) >= 11 is 0. The van der Waals surface area contributed by atoms with Gasteiger partial charge in [0.1, 0.15) is 5.75 Å². The van der Waals surface area contributed by atoms with Crippen molar-refractivity contribution in [3.63, 3.8) is 0 Å². The van der Waals surface area contributed by atoms with E-state index in [1.54, 1.807) is 7.11 Å². The highest BCUT2D eigenvalue weighted by Gasteiger charge is 2.40. The lowest BCUT2D eigenvalue weighted by Crippen LogP contribution is -2.33. The largest absolute Gasteiger partial charge is 0.494 e. The van der Waals surface area contributed by atoms with Crippen molar-refractivity contribution in [1.29, 1.82) is 0 Å². The first-order valence-electron chi connectivity index (χ1n) is 10.3. The lowest BCUT2D eigenvalue weighted by Gasteiger charge is -2.38. The number of carbonyl (C=O) groups excluding carboxylic acids is 1. The van der Waals surface area contributed by atoms with Crippen molar-refractivity contribution < 1.29 is 14.3 Å². The second kappa shape index (κ2) is 8.70. The van der Waals surface area contributed by atoms with Crippen LogP contribution in [0.1, 0.15) is 46.8 Å². The highest BCUT2D eigenvalue weighted by molar-refractivity contribution is 6.00. The predicted molar refractivity (Wildman–Crippen MR) is 115 cm³/mol. The molecule has 29 heavy (non-hydrogen) atoms. The maximum absolute atomic E-state index is 12.8. The molecule has 5 heteroatoms. The number of fused-ring (bicyclic) bond motifs is 3. The molecule has 2 aliphatic rings. The third-order valence-electron chi connectivity index (χ3n) is 5.79. The van der Waals surface area contributed by atoms with Gasteiger partial charge in [0.25, 0.3) is 5.91 Å². The number of benzene rings is 2. The van der Waals surface area contributed by atoms with Crippen molar-refractivity contribution in [3.05, 3.63) is 71.3 Å². The zero-order valence-corrected chi connectivity index (χ0v) is 17.0. The number of hydrogen-bond acceptors (Lipinski definition) is 4. The molecule has 3 unspecified atom stereocenters. The number of rotatable bonds is 7. The summed E-state index contributed by atoms with van der Waals surface area (Å²) in [6.07, 6.45) is 5.55. The summed E-state index contributed by atoms with van der Waals surface area (Å²) in [6.45, 7) is 3.61. The molecule has 0 radical (unpaired) electrons. The van der Waals surface area contributed by atoms with Crippen molar-refractivity contribution in [1.82, 2.24) is 5.32 Å². The van der Waals surface area contributed by atoms with Crippen LogP contribution in [0.4, 0.5) is 5.69 Å². The molecule has 152 valence electrons. The lowest BCUT2D eigenvalue weighted by molar-refractivity contribution is 0.0937. The number of carbonyl (C=O) groups is 1. The number of amides is 1. The number of anilines is 1. The fourth-order valence-corrected chi connectivity index (χ4v) is 4.50. The average molecular weight is 392 g/mol. The highest BCUT2D eigenvalue weighted by atomic mass is 16.5. The first kappa shape index (κ1) is 19.5. The van der Waals surface area contributed by atoms with Gasteiger partial charge >= 0.3 is 0 Å². The van der Waals surface area contributed by atoms with E-state index >= 15 is 0 Å². The van der Waals surface area contributed by atoms with E-state index in [0.717, 1.165) is 23.4 Å². The Morgan fingerprint density at radius 3 is 2.83 bits per heavy atom. The summed E-state index contributed by atoms with van der Waals surface area (Å²) in [4.78, 5) is 12.8. The summed E-state index contributed by atoms with van der Waals surface area (Å²) in [7, 11) is 1.63. The van der Waals surface area contributed by atoms with E-state index < -0.39 is 0 Å². The molecule has 3 atom stereocenters. The van der Waals surface area contributed by atoms with Crippen molar-refractivity contribution in [2.45, 2.75) is 25.3 Å². The summed E-state index contributed by atoms with van der Waals surface area (Å²) < 4.78 is 11.0. The van der Waals surface area contributed by atoms with Gasteiger partial charge in [-0.2, -0.15) is 0 Å². The van der Waals surface area contributed by atoms with E-state index in [9.17, 15) is 4.79 Å². The SMILES string of the molecule is CCOc1ccccc1C1Nc2c(C(=O)NCCOC)cccc2C2C=CCC21. The number of allylic oxidation sites excluding steroid dienone is 2. The minimum atomic E-state index is -0.0799. The molecule has 0 aromatic heterocycles. The van der Waals surface area contributed by atoms with Crippen molar-refractivity contribution >= 4 is 11.6 Å². The maximum Gasteiger partial charge on any atom is 0.253 e. The summed E-state index contributed by atoms with van der Waals surface area (Å²) in [5.41, 5.74) is 3.93. The van der Waals surface area contributed by atoms with Gasteiger partial charge in [0, 0.05) is 25.1 Å². The van der Waals surface area contributed by atoms with Crippen LogP contribution in [0.5, 0.6) is 5.75 Å². The molecule has 2 aromatic rings. The second-order valence-electron chi connectivity index (χ2n) is 7.46. The standard InChI is InChI=1S/C24H28N2O3/c1-3-29-21-13-5-4-8-19(21)22-17-10-6-9-16(17)18-11-7-12-20(23(18)26-22)24(27)25-14-15-28-2/h4-9,11-13,16-17,22,26H,3,10,14-15H2,1-2H3,(H,25,27). The van der Waals surface area contributed by atoms with Crippen molar-refractivity contribution in [3.8, 4) is 5.75 Å². The fourth-order valence-electron chi connectivity index (χ4n) is 4.50. The Morgan fingerprint density at radius 2 is 2.00 bits per heavy atom. The molecule has 5 nitrogen and oxygen atoms in total. The maximum atomic E-state index is 12.8. The topological polar surface area (TPSA) is 59.6 Å². The van der Waals surface area contributed by atoms with Crippen LogP contribution >= 0.6 is 0 Å². The average Bonchev–Trinajstić information content (AvgIpc) is 3.24. The summed E-state index contributed by atoms with van der Waals surface area (Å²) in [5.74, 6) is 1.51. The van der Waals surface area contributed by atoms with Gasteiger partial charge in [0.2, 0.25) is 0 Å². The van der Waals surface area contributed by atoms with Crippen LogP contribution < -0.4 is 15.4 Å². The van der Waals surface area contributed by atoms with E-state index in [4.69, 9.17) is 9.47 Å². The third-order valence-corrected chi connectivity index (χ3v) is 5.79. The quantitative estimate of drug-likeness (QED) is 0.545. The zero-order chi connectivity index (χ0) is 20.2. The van der Waals surface area contributed by atoms with Gasteiger partial charge in [-0.05, 0) is 37.0 Å². The molecule has 0 saturated heterocycles. The predicted octanol–water partition coefficient (Wildman–Crippen LogP) is 4.29. The first-order valence-corrected chi connectivity index (χ1v) is 10.3. The number of ether oxygens (including phenoxy) is 2. The highest BCUT2D eigenvalue weighted by Crippen LogP contribution is 2.51. The van der Waals surface area contributed by atoms with Crippen LogP contribution in [0.15, 0.2) is 54.6 Å². The molecule has 0 fully saturated rings. The van der Waals surface area contributed by atoms with Crippen LogP contribution in [0, 0.1) is 5.92 Å². The second-order valence-corrected chi connectivity index (χ2v) is 7.46. The van der Waals surface area contributed by atoms with Gasteiger partial charge in [-0.1, -0.05) is 42.5 Å². The van der Waals surface area contributed by atoms with Gasteiger partial charge < -0.3 is 20.1 Å². The Balaban J connectivity index is 1.72. The molecule has 2 aromatic carbocycles. The monoisotopic (exact) mass is 392 g/mol. The molecule has 0 bridgehead atoms. The minimum Gasteiger partial charge on any atom is -0.494 e. The Labute approximate surface area is 172 Å². The molecule has 2 N–H and O–H groups in total. The smallest absolute Gasteiger partial charge is 0.253 e. The van der Waals surface area contributed by atoms with Crippen LogP contribution in [-0.4, -0.2) is 32.8 Å². The fraction of sp³-hybridized carbons (Fsp3) is 0.375. The molecular weight excluding hydrogens is 364 g/mol. The van der Waals surface area contributed by atoms with E-state index in [1.807, 2.05) is 31.2 Å². The molecule has 1 heterocycles. The molecular formula is C24H28N2O3. The van der Waals surface area contributed by atoms with Gasteiger partial charge in [-0.25, -0.2) is 0 Å². The number of hydrogen-bond donors (Lipinski definition) is 2. The van der Waals surface area contributed by atoms with E-state index in [2.05, 4.69) is 41.0 Å². The number of methoxy groups -OCH3 is 1. The molecule has 1 aliphatic heterocycles. The van der Waals surface area contributed by atoms with Gasteiger partial charge in [0.05, 0.1) is 30.5 Å². The summed E-state index contributed by atoms with van der Waals surface area (Å²) in [6, 6.07) is 14.3. The van der Waals surface area contributed by atoms with E-state index in [-0.39, 0.29) is 17.9 Å². The zero-order valence-electron chi connectivity index (χ0n) is 17.0. The Hall–Kier alpha value is -2.79. The number of nitrogens with one attached hydrogen (secondary N) is 2. The molecule has 1 aliphatic carbocycles. The van der Waals surface area contributed by atoms with Gasteiger partial charge in [-0.15, -0.1) is 0 Å².